The van der Waals surface area contributed by atoms with E-state index in [1.807, 2.05) is 13.8 Å². The van der Waals surface area contributed by atoms with Gasteiger partial charge >= 0.3 is 0 Å². The van der Waals surface area contributed by atoms with Crippen LogP contribution in [-0.2, 0) is 10.0 Å². The van der Waals surface area contributed by atoms with E-state index in [4.69, 9.17) is 0 Å². The summed E-state index contributed by atoms with van der Waals surface area (Å²) in [6.07, 6.45) is 1.25. The lowest BCUT2D eigenvalue weighted by molar-refractivity contribution is 0.102. The van der Waals surface area contributed by atoms with Gasteiger partial charge in [-0.25, -0.2) is 13.1 Å². The van der Waals surface area contributed by atoms with E-state index < -0.39 is 15.9 Å². The van der Waals surface area contributed by atoms with Crippen molar-refractivity contribution in [3.63, 3.8) is 0 Å². The van der Waals surface area contributed by atoms with E-state index in [0.29, 0.717) is 11.5 Å². The average molecular weight is 449 g/mol. The molecular formula is C21H19N7O3S. The van der Waals surface area contributed by atoms with E-state index in [1.165, 1.54) is 34.8 Å². The first-order valence-corrected chi connectivity index (χ1v) is 11.2. The molecule has 0 aliphatic carbocycles. The number of carbonyl (C=O) groups is 1. The predicted octanol–water partition coefficient (Wildman–Crippen LogP) is 2.95. The third-order valence-electron chi connectivity index (χ3n) is 5.46. The first-order valence-electron chi connectivity index (χ1n) is 9.75. The van der Waals surface area contributed by atoms with E-state index in [9.17, 15) is 13.2 Å². The maximum absolute atomic E-state index is 12.8. The summed E-state index contributed by atoms with van der Waals surface area (Å²) in [7, 11) is -3.87. The van der Waals surface area contributed by atoms with Crippen molar-refractivity contribution in [1.29, 1.82) is 0 Å². The molecule has 3 N–H and O–H groups in total. The van der Waals surface area contributed by atoms with Gasteiger partial charge in [-0.05, 0) is 61.7 Å². The first-order chi connectivity index (χ1) is 15.2. The molecule has 0 saturated carbocycles. The number of fused-ring (bicyclic) bond motifs is 3. The number of hydrogen-bond acceptors (Lipinski definition) is 6. The van der Waals surface area contributed by atoms with Gasteiger partial charge in [-0.15, -0.1) is 0 Å². The van der Waals surface area contributed by atoms with Gasteiger partial charge in [0.2, 0.25) is 5.95 Å². The van der Waals surface area contributed by atoms with Crippen LogP contribution in [0.25, 0.3) is 16.9 Å². The Kier molecular flexibility index (Phi) is 4.38. The molecule has 2 aromatic heterocycles. The Morgan fingerprint density at radius 1 is 1.03 bits per heavy atom. The maximum atomic E-state index is 12.8. The van der Waals surface area contributed by atoms with Crippen LogP contribution in [0.2, 0.25) is 0 Å². The molecule has 0 fully saturated rings. The van der Waals surface area contributed by atoms with Crippen LogP contribution in [0.4, 0.5) is 11.8 Å². The first kappa shape index (κ1) is 19.9. The molecule has 0 spiro atoms. The molecule has 3 heterocycles. The number of aromatic amines is 1. The minimum absolute atomic E-state index is 0.0587. The van der Waals surface area contributed by atoms with Crippen molar-refractivity contribution in [1.82, 2.24) is 25.0 Å². The van der Waals surface area contributed by atoms with E-state index >= 15 is 0 Å². The van der Waals surface area contributed by atoms with Crippen molar-refractivity contribution in [2.24, 2.45) is 0 Å². The highest BCUT2D eigenvalue weighted by atomic mass is 32.2. The number of hydrogen-bond donors (Lipinski definition) is 3. The second-order valence-electron chi connectivity index (χ2n) is 7.66. The average Bonchev–Trinajstić information content (AvgIpc) is 3.39. The van der Waals surface area contributed by atoms with Crippen molar-refractivity contribution in [2.75, 3.05) is 10.0 Å². The normalized spacial score (nSPS) is 13.7. The summed E-state index contributed by atoms with van der Waals surface area (Å²) in [5.74, 6) is -0.0532. The number of aryl methyl sites for hydroxylation is 3. The molecule has 0 atom stereocenters. The molecule has 1 aliphatic heterocycles. The standard InChI is InChI=1S/C21H19N7O3S/c1-11-6-13(3)15(7-12(11)2)16-9-19(26-25-16)24-20(29)14-4-5-17-18(8-14)32(30,31)27-21-22-10-23-28(17)21/h4-10H,1-3H3,(H,22,23,27)(H2,24,25,26,29). The smallest absolute Gasteiger partial charge is 0.266 e. The van der Waals surface area contributed by atoms with Crippen LogP contribution in [0.3, 0.4) is 0 Å². The summed E-state index contributed by atoms with van der Waals surface area (Å²) in [5.41, 5.74) is 5.71. The molecule has 2 aromatic carbocycles. The highest BCUT2D eigenvalue weighted by Crippen LogP contribution is 2.30. The molecule has 10 nitrogen and oxygen atoms in total. The molecule has 11 heteroatoms. The molecule has 0 saturated heterocycles. The number of sulfonamides is 1. The minimum atomic E-state index is -3.87. The highest BCUT2D eigenvalue weighted by molar-refractivity contribution is 7.93. The second kappa shape index (κ2) is 7.02. The fraction of sp³-hybridized carbons (Fsp3) is 0.143. The molecule has 32 heavy (non-hydrogen) atoms. The van der Waals surface area contributed by atoms with Crippen molar-refractivity contribution in [2.45, 2.75) is 25.7 Å². The molecular weight excluding hydrogens is 430 g/mol. The van der Waals surface area contributed by atoms with Crippen LogP contribution >= 0.6 is 0 Å². The fourth-order valence-electron chi connectivity index (χ4n) is 3.67. The van der Waals surface area contributed by atoms with Gasteiger partial charge in [0.1, 0.15) is 11.2 Å². The largest absolute Gasteiger partial charge is 0.305 e. The Hall–Kier alpha value is -3.99. The molecule has 1 amide bonds. The van der Waals surface area contributed by atoms with Gasteiger partial charge in [0, 0.05) is 17.2 Å². The third kappa shape index (κ3) is 3.23. The Balaban J connectivity index is 1.43. The topological polar surface area (TPSA) is 135 Å². The Labute approximate surface area is 183 Å². The summed E-state index contributed by atoms with van der Waals surface area (Å²) in [6, 6.07) is 10.3. The van der Waals surface area contributed by atoms with Crippen LogP contribution in [0.5, 0.6) is 0 Å². The van der Waals surface area contributed by atoms with Gasteiger partial charge < -0.3 is 5.32 Å². The lowest BCUT2D eigenvalue weighted by Crippen LogP contribution is -2.24. The van der Waals surface area contributed by atoms with Crippen molar-refractivity contribution in [3.8, 4) is 16.9 Å². The van der Waals surface area contributed by atoms with E-state index in [1.54, 1.807) is 6.07 Å². The van der Waals surface area contributed by atoms with Crippen molar-refractivity contribution >= 4 is 27.7 Å². The fourth-order valence-corrected chi connectivity index (χ4v) is 4.87. The molecule has 162 valence electrons. The van der Waals surface area contributed by atoms with E-state index in [-0.39, 0.29) is 16.4 Å². The zero-order valence-electron chi connectivity index (χ0n) is 17.5. The minimum Gasteiger partial charge on any atom is -0.305 e. The number of benzene rings is 2. The van der Waals surface area contributed by atoms with Crippen LogP contribution in [0.1, 0.15) is 27.0 Å². The number of aromatic nitrogens is 5. The lowest BCUT2D eigenvalue weighted by atomic mass is 9.99. The summed E-state index contributed by atoms with van der Waals surface area (Å²) < 4.78 is 28.8. The van der Waals surface area contributed by atoms with Gasteiger partial charge in [-0.2, -0.15) is 19.9 Å². The molecule has 5 rings (SSSR count). The van der Waals surface area contributed by atoms with Crippen molar-refractivity contribution < 1.29 is 13.2 Å². The van der Waals surface area contributed by atoms with Crippen molar-refractivity contribution in [3.05, 3.63) is 65.0 Å². The number of anilines is 2. The molecule has 0 radical (unpaired) electrons. The highest BCUT2D eigenvalue weighted by Gasteiger charge is 2.30. The molecule has 1 aliphatic rings. The van der Waals surface area contributed by atoms with Gasteiger partial charge in [0.25, 0.3) is 15.9 Å². The molecule has 0 bridgehead atoms. The Morgan fingerprint density at radius 3 is 2.62 bits per heavy atom. The van der Waals surface area contributed by atoms with E-state index in [2.05, 4.69) is 49.4 Å². The summed E-state index contributed by atoms with van der Waals surface area (Å²) >= 11 is 0. The van der Waals surface area contributed by atoms with Crippen LogP contribution in [0, 0.1) is 20.8 Å². The number of H-pyrrole nitrogens is 1. The summed E-state index contributed by atoms with van der Waals surface area (Å²) in [4.78, 5) is 16.6. The van der Waals surface area contributed by atoms with Gasteiger partial charge in [-0.1, -0.05) is 6.07 Å². The summed E-state index contributed by atoms with van der Waals surface area (Å²) in [5, 5.41) is 13.9. The predicted molar refractivity (Wildman–Crippen MR) is 118 cm³/mol. The third-order valence-corrected chi connectivity index (χ3v) is 6.82. The van der Waals surface area contributed by atoms with E-state index in [0.717, 1.165) is 22.4 Å². The van der Waals surface area contributed by atoms with Crippen LogP contribution < -0.4 is 10.0 Å². The van der Waals surface area contributed by atoms with Gasteiger partial charge in [-0.3, -0.25) is 9.89 Å². The quantitative estimate of drug-likeness (QED) is 0.440. The Bertz CT molecular complexity index is 1500. The SMILES string of the molecule is Cc1cc(C)c(-c2cc(NC(=O)c3ccc4c(c3)S(=O)(=O)Nc3ncnn3-4)n[nH]2)cc1C. The maximum Gasteiger partial charge on any atom is 0.266 e. The second-order valence-corrected chi connectivity index (χ2v) is 9.31. The lowest BCUT2D eigenvalue weighted by Gasteiger charge is -2.19. The van der Waals surface area contributed by atoms with Crippen LogP contribution in [0.15, 0.2) is 47.6 Å². The zero-order valence-corrected chi connectivity index (χ0v) is 18.3. The summed E-state index contributed by atoms with van der Waals surface area (Å²) in [6.45, 7) is 6.12. The molecule has 0 unspecified atom stereocenters. The van der Waals surface area contributed by atoms with Gasteiger partial charge in [0.15, 0.2) is 5.82 Å². The number of nitrogens with zero attached hydrogens (tertiary/aromatic N) is 4. The molecule has 4 aromatic rings. The van der Waals surface area contributed by atoms with Gasteiger partial charge in [0.05, 0.1) is 11.4 Å². The Morgan fingerprint density at radius 2 is 1.81 bits per heavy atom. The monoisotopic (exact) mass is 449 g/mol. The zero-order chi connectivity index (χ0) is 22.6. The number of amides is 1. The number of nitrogens with one attached hydrogen (secondary N) is 3. The number of carbonyl (C=O) groups excluding carboxylic acids is 1. The number of rotatable bonds is 3. The van der Waals surface area contributed by atoms with Crippen LogP contribution in [-0.4, -0.2) is 39.3 Å².